The zero-order valence-electron chi connectivity index (χ0n) is 51.7. The third kappa shape index (κ3) is 64.1. The minimum atomic E-state index is -0.779. The number of unbranched alkanes of at least 4 members (excludes halogenated alkanes) is 44. The van der Waals surface area contributed by atoms with E-state index in [2.05, 4.69) is 69.4 Å². The summed E-state index contributed by atoms with van der Waals surface area (Å²) in [7, 11) is 0. The van der Waals surface area contributed by atoms with Crippen molar-refractivity contribution in [2.45, 2.75) is 374 Å². The molecule has 0 rings (SSSR count). The monoisotopic (exact) mass is 1080 g/mol. The Labute approximate surface area is 479 Å². The quantitative estimate of drug-likeness (QED) is 0.0261. The molecule has 0 fully saturated rings. The van der Waals surface area contributed by atoms with Crippen molar-refractivity contribution in [1.82, 2.24) is 0 Å². The molecule has 0 aliphatic heterocycles. The second-order valence-corrected chi connectivity index (χ2v) is 23.1. The Balaban J connectivity index is 4.36. The molecule has 77 heavy (non-hydrogen) atoms. The highest BCUT2D eigenvalue weighted by Crippen LogP contribution is 2.18. The van der Waals surface area contributed by atoms with E-state index in [0.29, 0.717) is 19.3 Å². The van der Waals surface area contributed by atoms with Gasteiger partial charge in [-0.15, -0.1) is 0 Å². The minimum absolute atomic E-state index is 0.0741. The first kappa shape index (κ1) is 74.4. The van der Waals surface area contributed by atoms with Gasteiger partial charge in [-0.25, -0.2) is 0 Å². The second kappa shape index (κ2) is 65.9. The van der Waals surface area contributed by atoms with E-state index in [1.165, 1.54) is 250 Å². The largest absolute Gasteiger partial charge is 0.462 e. The molecule has 0 aromatic carbocycles. The molecule has 6 heteroatoms. The summed E-state index contributed by atoms with van der Waals surface area (Å²) in [6.45, 7) is 6.68. The highest BCUT2D eigenvalue weighted by molar-refractivity contribution is 5.71. The molecule has 0 amide bonds. The molecule has 1 unspecified atom stereocenters. The highest BCUT2D eigenvalue weighted by Gasteiger charge is 2.19. The maximum atomic E-state index is 12.9. The van der Waals surface area contributed by atoms with E-state index in [0.717, 1.165) is 77.0 Å². The van der Waals surface area contributed by atoms with E-state index < -0.39 is 6.10 Å². The maximum absolute atomic E-state index is 12.9. The van der Waals surface area contributed by atoms with Crippen LogP contribution in [0, 0.1) is 0 Å². The molecule has 0 radical (unpaired) electrons. The van der Waals surface area contributed by atoms with Gasteiger partial charge in [0.25, 0.3) is 0 Å². The first-order chi connectivity index (χ1) is 38.0. The van der Waals surface area contributed by atoms with Crippen LogP contribution in [-0.2, 0) is 28.6 Å². The number of rotatable bonds is 63. The van der Waals surface area contributed by atoms with Crippen LogP contribution in [0.2, 0.25) is 0 Å². The van der Waals surface area contributed by atoms with Gasteiger partial charge in [-0.3, -0.25) is 14.4 Å². The van der Waals surface area contributed by atoms with Gasteiger partial charge < -0.3 is 14.2 Å². The van der Waals surface area contributed by atoms with E-state index in [-0.39, 0.29) is 31.1 Å². The standard InChI is InChI=1S/C71H130O6/c1-4-7-10-13-16-19-22-25-28-31-34-35-38-40-43-46-49-52-55-58-61-64-70(73)76-67-68(77-71(74)65-62-59-56-53-50-47-44-41-37-33-30-27-24-21-18-15-12-9-6-3)66-75-69(72)63-60-57-54-51-48-45-42-39-36-32-29-26-23-20-17-14-11-8-5-2/h22,25,27,30-31,34,38,40,68H,4-21,23-24,26,28-29,32-33,35-37,39,41-67H2,1-3H3/b25-22-,30-27-,34-31-,40-38-. The van der Waals surface area contributed by atoms with E-state index in [4.69, 9.17) is 14.2 Å². The molecule has 0 saturated carbocycles. The normalized spacial score (nSPS) is 12.3. The van der Waals surface area contributed by atoms with Crippen LogP contribution in [0.4, 0.5) is 0 Å². The first-order valence-electron chi connectivity index (χ1n) is 34.1. The van der Waals surface area contributed by atoms with Gasteiger partial charge in [-0.2, -0.15) is 0 Å². The Hall–Kier alpha value is -2.63. The summed E-state index contributed by atoms with van der Waals surface area (Å²) >= 11 is 0. The zero-order valence-corrected chi connectivity index (χ0v) is 51.7. The van der Waals surface area contributed by atoms with Crippen LogP contribution in [-0.4, -0.2) is 37.2 Å². The molecule has 0 bridgehead atoms. The lowest BCUT2D eigenvalue weighted by atomic mass is 10.0. The lowest BCUT2D eigenvalue weighted by molar-refractivity contribution is -0.167. The third-order valence-corrected chi connectivity index (χ3v) is 15.3. The number of ether oxygens (including phenoxy) is 3. The van der Waals surface area contributed by atoms with E-state index in [9.17, 15) is 14.4 Å². The summed E-state index contributed by atoms with van der Waals surface area (Å²) in [5.41, 5.74) is 0. The van der Waals surface area contributed by atoms with Gasteiger partial charge >= 0.3 is 17.9 Å². The third-order valence-electron chi connectivity index (χ3n) is 15.3. The molecule has 0 heterocycles. The molecular weight excluding hydrogens is 949 g/mol. The molecule has 6 nitrogen and oxygen atoms in total. The lowest BCUT2D eigenvalue weighted by Crippen LogP contribution is -2.30. The molecule has 0 saturated heterocycles. The molecule has 0 aliphatic rings. The number of hydrogen-bond donors (Lipinski definition) is 0. The van der Waals surface area contributed by atoms with E-state index in [1.54, 1.807) is 0 Å². The van der Waals surface area contributed by atoms with Crippen LogP contribution in [0.1, 0.15) is 367 Å². The van der Waals surface area contributed by atoms with Gasteiger partial charge in [0.15, 0.2) is 6.10 Å². The molecule has 0 aromatic rings. The lowest BCUT2D eigenvalue weighted by Gasteiger charge is -2.18. The van der Waals surface area contributed by atoms with Gasteiger partial charge in [0.1, 0.15) is 13.2 Å². The summed E-state index contributed by atoms with van der Waals surface area (Å²) in [5.74, 6) is -0.864. The van der Waals surface area contributed by atoms with Gasteiger partial charge in [0.05, 0.1) is 0 Å². The predicted octanol–water partition coefficient (Wildman–Crippen LogP) is 23.3. The van der Waals surface area contributed by atoms with Gasteiger partial charge in [0.2, 0.25) is 0 Å². The molecular formula is C71H130O6. The smallest absolute Gasteiger partial charge is 0.306 e. The van der Waals surface area contributed by atoms with Crippen molar-refractivity contribution in [2.75, 3.05) is 13.2 Å². The van der Waals surface area contributed by atoms with Crippen molar-refractivity contribution in [3.05, 3.63) is 48.6 Å². The fourth-order valence-electron chi connectivity index (χ4n) is 10.2. The number of carbonyl (C=O) groups excluding carboxylic acids is 3. The van der Waals surface area contributed by atoms with Gasteiger partial charge in [-0.05, 0) is 83.5 Å². The second-order valence-electron chi connectivity index (χ2n) is 23.1. The molecule has 0 aliphatic carbocycles. The Bertz CT molecular complexity index is 1330. The number of esters is 3. The Morgan fingerprint density at radius 1 is 0.260 bits per heavy atom. The van der Waals surface area contributed by atoms with Crippen molar-refractivity contribution in [3.63, 3.8) is 0 Å². The summed E-state index contributed by atoms with van der Waals surface area (Å²) in [4.78, 5) is 38.4. The average molecular weight is 1080 g/mol. The van der Waals surface area contributed by atoms with E-state index >= 15 is 0 Å². The van der Waals surface area contributed by atoms with Crippen LogP contribution < -0.4 is 0 Å². The highest BCUT2D eigenvalue weighted by atomic mass is 16.6. The SMILES string of the molecule is CCCCCCC/C=C\C/C=C\C/C=C\CCCCCCCCC(=O)OCC(COC(=O)CCCCCCCCCCCCCCCCCCCCC)OC(=O)CCCCCCCCCCC/C=C\CCCCCCCC. The summed E-state index contributed by atoms with van der Waals surface area (Å²) in [6.07, 6.45) is 82.6. The number of allylic oxidation sites excluding steroid dienone is 8. The van der Waals surface area contributed by atoms with Crippen LogP contribution in [0.3, 0.4) is 0 Å². The summed E-state index contributed by atoms with van der Waals surface area (Å²) < 4.78 is 17.0. The summed E-state index contributed by atoms with van der Waals surface area (Å²) in [5, 5.41) is 0. The Morgan fingerprint density at radius 2 is 0.468 bits per heavy atom. The van der Waals surface area contributed by atoms with Crippen LogP contribution in [0.15, 0.2) is 48.6 Å². The van der Waals surface area contributed by atoms with Crippen LogP contribution in [0.25, 0.3) is 0 Å². The fourth-order valence-corrected chi connectivity index (χ4v) is 10.2. The van der Waals surface area contributed by atoms with Crippen molar-refractivity contribution in [2.24, 2.45) is 0 Å². The Morgan fingerprint density at radius 3 is 0.740 bits per heavy atom. The summed E-state index contributed by atoms with van der Waals surface area (Å²) in [6, 6.07) is 0. The van der Waals surface area contributed by atoms with Gasteiger partial charge in [-0.1, -0.05) is 313 Å². The zero-order chi connectivity index (χ0) is 55.7. The Kier molecular flexibility index (Phi) is 63.6. The molecule has 0 aromatic heterocycles. The van der Waals surface area contributed by atoms with Crippen LogP contribution >= 0.6 is 0 Å². The molecule has 0 N–H and O–H groups in total. The fraction of sp³-hybridized carbons (Fsp3) is 0.845. The first-order valence-corrected chi connectivity index (χ1v) is 34.1. The average Bonchev–Trinajstić information content (AvgIpc) is 3.43. The maximum Gasteiger partial charge on any atom is 0.306 e. The molecule has 450 valence electrons. The minimum Gasteiger partial charge on any atom is -0.462 e. The van der Waals surface area contributed by atoms with E-state index in [1.807, 2.05) is 0 Å². The van der Waals surface area contributed by atoms with Crippen molar-refractivity contribution < 1.29 is 28.6 Å². The molecule has 0 spiro atoms. The van der Waals surface area contributed by atoms with Crippen LogP contribution in [0.5, 0.6) is 0 Å². The predicted molar refractivity (Wildman–Crippen MR) is 335 cm³/mol. The van der Waals surface area contributed by atoms with Crippen molar-refractivity contribution in [3.8, 4) is 0 Å². The number of carbonyl (C=O) groups is 3. The van der Waals surface area contributed by atoms with Crippen molar-refractivity contribution in [1.29, 1.82) is 0 Å². The van der Waals surface area contributed by atoms with Crippen molar-refractivity contribution >= 4 is 17.9 Å². The number of hydrogen-bond acceptors (Lipinski definition) is 6. The topological polar surface area (TPSA) is 78.9 Å². The molecule has 1 atom stereocenters. The van der Waals surface area contributed by atoms with Gasteiger partial charge in [0, 0.05) is 19.3 Å².